The van der Waals surface area contributed by atoms with Crippen LogP contribution in [0.5, 0.6) is 0 Å². The summed E-state index contributed by atoms with van der Waals surface area (Å²) in [7, 11) is -3.10. The zero-order chi connectivity index (χ0) is 11.8. The van der Waals surface area contributed by atoms with Crippen LogP contribution in [0, 0.1) is 0 Å². The molecule has 1 aliphatic heterocycles. The summed E-state index contributed by atoms with van der Waals surface area (Å²) in [5.74, 6) is -1.14. The van der Waals surface area contributed by atoms with Gasteiger partial charge in [-0.25, -0.2) is 18.2 Å². The van der Waals surface area contributed by atoms with Crippen molar-refractivity contribution in [3.05, 3.63) is 17.8 Å². The van der Waals surface area contributed by atoms with Gasteiger partial charge in [-0.15, -0.1) is 0 Å². The molecule has 1 unspecified atom stereocenters. The van der Waals surface area contributed by atoms with E-state index in [2.05, 4.69) is 10.3 Å². The summed E-state index contributed by atoms with van der Waals surface area (Å²) in [5, 5.41) is 11.6. The van der Waals surface area contributed by atoms with Crippen molar-refractivity contribution in [3.8, 4) is 0 Å². The molecule has 8 heteroatoms. The molecule has 7 nitrogen and oxygen atoms in total. The van der Waals surface area contributed by atoms with Crippen LogP contribution in [0.3, 0.4) is 0 Å². The summed E-state index contributed by atoms with van der Waals surface area (Å²) in [5.41, 5.74) is -0.222. The van der Waals surface area contributed by atoms with Crippen molar-refractivity contribution in [1.29, 1.82) is 0 Å². The van der Waals surface area contributed by atoms with E-state index < -0.39 is 21.8 Å². The van der Waals surface area contributed by atoms with Crippen molar-refractivity contribution in [3.63, 3.8) is 0 Å². The third-order valence-corrected chi connectivity index (χ3v) is 3.93. The number of aromatic carboxylic acids is 1. The van der Waals surface area contributed by atoms with Crippen molar-refractivity contribution >= 4 is 15.8 Å². The molecule has 0 radical (unpaired) electrons. The first-order valence-electron chi connectivity index (χ1n) is 4.60. The lowest BCUT2D eigenvalue weighted by atomic mass is 10.3. The van der Waals surface area contributed by atoms with E-state index in [4.69, 9.17) is 9.52 Å². The van der Waals surface area contributed by atoms with E-state index in [0.29, 0.717) is 6.54 Å². The van der Waals surface area contributed by atoms with Gasteiger partial charge < -0.3 is 14.8 Å². The molecule has 0 aromatic carbocycles. The average Bonchev–Trinajstić information content (AvgIpc) is 2.64. The maximum absolute atomic E-state index is 11.3. The highest BCUT2D eigenvalue weighted by atomic mass is 32.2. The highest BCUT2D eigenvalue weighted by Crippen LogP contribution is 2.18. The molecule has 1 saturated heterocycles. The van der Waals surface area contributed by atoms with Gasteiger partial charge in [0.2, 0.25) is 5.89 Å². The molecule has 1 aromatic rings. The van der Waals surface area contributed by atoms with Gasteiger partial charge >= 0.3 is 5.97 Å². The molecule has 0 saturated carbocycles. The summed E-state index contributed by atoms with van der Waals surface area (Å²) in [6.45, 7) is 0.317. The second kappa shape index (κ2) is 3.87. The first-order chi connectivity index (χ1) is 7.48. The van der Waals surface area contributed by atoms with Gasteiger partial charge in [0.05, 0.1) is 17.5 Å². The SMILES string of the molecule is O=C(O)c1coc(C2CS(=O)(=O)CCN2)n1. The van der Waals surface area contributed by atoms with Gasteiger partial charge in [-0.05, 0) is 0 Å². The van der Waals surface area contributed by atoms with Crippen LogP contribution in [-0.4, -0.2) is 42.5 Å². The minimum absolute atomic E-state index is 0.0794. The van der Waals surface area contributed by atoms with Gasteiger partial charge in [0.15, 0.2) is 15.5 Å². The molecule has 1 aromatic heterocycles. The van der Waals surface area contributed by atoms with E-state index in [9.17, 15) is 13.2 Å². The van der Waals surface area contributed by atoms with Crippen LogP contribution in [0.1, 0.15) is 22.4 Å². The van der Waals surface area contributed by atoms with Crippen molar-refractivity contribution in [1.82, 2.24) is 10.3 Å². The summed E-state index contributed by atoms with van der Waals surface area (Å²) in [6, 6.07) is -0.563. The molecular weight excluding hydrogens is 236 g/mol. The van der Waals surface area contributed by atoms with Gasteiger partial charge in [0, 0.05) is 6.54 Å². The monoisotopic (exact) mass is 246 g/mol. The summed E-state index contributed by atoms with van der Waals surface area (Å²) in [4.78, 5) is 14.3. The molecule has 2 N–H and O–H groups in total. The van der Waals surface area contributed by atoms with Crippen molar-refractivity contribution in [2.45, 2.75) is 6.04 Å². The Morgan fingerprint density at radius 1 is 1.62 bits per heavy atom. The molecule has 1 fully saturated rings. The fourth-order valence-corrected chi connectivity index (χ4v) is 2.85. The summed E-state index contributed by atoms with van der Waals surface area (Å²) >= 11 is 0. The van der Waals surface area contributed by atoms with E-state index >= 15 is 0 Å². The molecule has 0 aliphatic carbocycles. The number of carboxylic acids is 1. The topological polar surface area (TPSA) is 109 Å². The number of nitrogens with one attached hydrogen (secondary N) is 1. The van der Waals surface area contributed by atoms with Gasteiger partial charge in [-0.1, -0.05) is 0 Å². The Balaban J connectivity index is 2.20. The van der Waals surface area contributed by atoms with Gasteiger partial charge in [-0.2, -0.15) is 0 Å². The van der Waals surface area contributed by atoms with Crippen LogP contribution in [0.4, 0.5) is 0 Å². The molecule has 0 amide bonds. The number of carbonyl (C=O) groups is 1. The Labute approximate surface area is 91.4 Å². The van der Waals surface area contributed by atoms with Crippen molar-refractivity contribution < 1.29 is 22.7 Å². The fourth-order valence-electron chi connectivity index (χ4n) is 1.49. The zero-order valence-corrected chi connectivity index (χ0v) is 9.03. The standard InChI is InChI=1S/C8H10N2O5S/c11-8(12)5-3-15-7(10-5)6-4-16(13,14)2-1-9-6/h3,6,9H,1-2,4H2,(H,11,12). The lowest BCUT2D eigenvalue weighted by Gasteiger charge is -2.20. The Kier molecular flexibility index (Phi) is 2.68. The van der Waals surface area contributed by atoms with Gasteiger partial charge in [-0.3, -0.25) is 0 Å². The van der Waals surface area contributed by atoms with Crippen LogP contribution in [0.2, 0.25) is 0 Å². The number of sulfone groups is 1. The number of rotatable bonds is 2. The minimum Gasteiger partial charge on any atom is -0.476 e. The number of carboxylic acid groups (broad SMARTS) is 1. The zero-order valence-electron chi connectivity index (χ0n) is 8.21. The highest BCUT2D eigenvalue weighted by molar-refractivity contribution is 7.91. The summed E-state index contributed by atoms with van der Waals surface area (Å²) in [6.07, 6.45) is 1.00. The van der Waals surface area contributed by atoms with E-state index in [1.165, 1.54) is 0 Å². The van der Waals surface area contributed by atoms with Crippen LogP contribution in [-0.2, 0) is 9.84 Å². The third-order valence-electron chi connectivity index (χ3n) is 2.26. The smallest absolute Gasteiger partial charge is 0.357 e. The van der Waals surface area contributed by atoms with Crippen LogP contribution in [0.25, 0.3) is 0 Å². The first-order valence-corrected chi connectivity index (χ1v) is 6.42. The van der Waals surface area contributed by atoms with E-state index in [1.54, 1.807) is 0 Å². The van der Waals surface area contributed by atoms with Gasteiger partial charge in [0.25, 0.3) is 0 Å². The quantitative estimate of drug-likeness (QED) is 0.719. The lowest BCUT2D eigenvalue weighted by Crippen LogP contribution is -2.39. The number of hydrogen-bond donors (Lipinski definition) is 2. The Morgan fingerprint density at radius 3 is 2.94 bits per heavy atom. The lowest BCUT2D eigenvalue weighted by molar-refractivity contribution is 0.0690. The van der Waals surface area contributed by atoms with Crippen LogP contribution >= 0.6 is 0 Å². The van der Waals surface area contributed by atoms with Crippen LogP contribution in [0.15, 0.2) is 10.7 Å². The Morgan fingerprint density at radius 2 is 2.38 bits per heavy atom. The predicted octanol–water partition coefficient (Wildman–Crippen LogP) is -0.568. The minimum atomic E-state index is -3.10. The highest BCUT2D eigenvalue weighted by Gasteiger charge is 2.29. The average molecular weight is 246 g/mol. The van der Waals surface area contributed by atoms with E-state index in [0.717, 1.165) is 6.26 Å². The van der Waals surface area contributed by atoms with Crippen LogP contribution < -0.4 is 5.32 Å². The molecule has 16 heavy (non-hydrogen) atoms. The predicted molar refractivity (Wildman–Crippen MR) is 52.9 cm³/mol. The molecular formula is C8H10N2O5S. The number of aromatic nitrogens is 1. The maximum atomic E-state index is 11.3. The molecule has 0 spiro atoms. The Bertz CT molecular complexity index is 506. The maximum Gasteiger partial charge on any atom is 0.357 e. The second-order valence-corrected chi connectivity index (χ2v) is 5.73. The summed E-state index contributed by atoms with van der Waals surface area (Å²) < 4.78 is 27.6. The number of hydrogen-bond acceptors (Lipinski definition) is 6. The largest absolute Gasteiger partial charge is 0.476 e. The Hall–Kier alpha value is -1.41. The van der Waals surface area contributed by atoms with Gasteiger partial charge in [0.1, 0.15) is 6.26 Å². The number of oxazole rings is 1. The molecule has 2 heterocycles. The first kappa shape index (κ1) is 11.1. The molecule has 1 atom stereocenters. The van der Waals surface area contributed by atoms with Crippen molar-refractivity contribution in [2.75, 3.05) is 18.1 Å². The second-order valence-electron chi connectivity index (χ2n) is 3.50. The van der Waals surface area contributed by atoms with Crippen molar-refractivity contribution in [2.24, 2.45) is 0 Å². The molecule has 1 aliphatic rings. The molecule has 0 bridgehead atoms. The number of nitrogens with zero attached hydrogens (tertiary/aromatic N) is 1. The van der Waals surface area contributed by atoms with E-state index in [1.807, 2.05) is 0 Å². The molecule has 88 valence electrons. The van der Waals surface area contributed by atoms with E-state index in [-0.39, 0.29) is 23.1 Å². The fraction of sp³-hybridized carbons (Fsp3) is 0.500. The third kappa shape index (κ3) is 2.22. The molecule has 2 rings (SSSR count). The normalized spacial score (nSPS) is 24.1.